The Kier molecular flexibility index (Phi) is 3.91. The van der Waals surface area contributed by atoms with Crippen LogP contribution >= 0.6 is 0 Å². The molecule has 1 aromatic rings. The monoisotopic (exact) mass is 210 g/mol. The van der Waals surface area contributed by atoms with Gasteiger partial charge in [0.15, 0.2) is 0 Å². The van der Waals surface area contributed by atoms with Crippen LogP contribution in [0.25, 0.3) is 0 Å². The maximum absolute atomic E-state index is 5.68. The number of hydrogen-bond donors (Lipinski definition) is 0. The average molecular weight is 210 g/mol. The molecule has 1 heterocycles. The summed E-state index contributed by atoms with van der Waals surface area (Å²) in [6.07, 6.45) is 4.76. The molecule has 0 aromatic carbocycles. The molecule has 0 aliphatic rings. The molecule has 0 radical (unpaired) electrons. The van der Waals surface area contributed by atoms with Gasteiger partial charge in [-0.1, -0.05) is 0 Å². The van der Waals surface area contributed by atoms with Crippen LogP contribution in [0.5, 0.6) is 0 Å². The molecule has 0 atom stereocenters. The van der Waals surface area contributed by atoms with Crippen LogP contribution in [0.15, 0.2) is 12.4 Å². The zero-order valence-electron chi connectivity index (χ0n) is 10.4. The summed E-state index contributed by atoms with van der Waals surface area (Å²) in [7, 11) is 0. The molecule has 0 saturated heterocycles. The van der Waals surface area contributed by atoms with Crippen molar-refractivity contribution in [3.05, 3.63) is 18.2 Å². The van der Waals surface area contributed by atoms with Crippen LogP contribution in [0, 0.1) is 0 Å². The molecule has 0 unspecified atom stereocenters. The number of rotatable bonds is 4. The lowest BCUT2D eigenvalue weighted by molar-refractivity contribution is -0.00188. The maximum atomic E-state index is 5.68. The van der Waals surface area contributed by atoms with E-state index in [1.54, 1.807) is 0 Å². The van der Waals surface area contributed by atoms with E-state index in [1.807, 2.05) is 12.4 Å². The van der Waals surface area contributed by atoms with Gasteiger partial charge in [0.05, 0.1) is 12.2 Å². The van der Waals surface area contributed by atoms with Gasteiger partial charge in [-0.25, -0.2) is 4.98 Å². The third-order valence-electron chi connectivity index (χ3n) is 2.17. The molecule has 0 N–H and O–H groups in total. The second kappa shape index (κ2) is 4.79. The SMILES string of the molecule is CC(C)n1ccnc1CCOC(C)(C)C. The first-order valence-corrected chi connectivity index (χ1v) is 5.56. The van der Waals surface area contributed by atoms with Crippen LogP contribution < -0.4 is 0 Å². The van der Waals surface area contributed by atoms with Crippen LogP contribution in [-0.2, 0) is 11.2 Å². The van der Waals surface area contributed by atoms with Gasteiger partial charge in [-0.15, -0.1) is 0 Å². The topological polar surface area (TPSA) is 27.1 Å². The first-order chi connectivity index (χ1) is 6.90. The van der Waals surface area contributed by atoms with Gasteiger partial charge in [0.2, 0.25) is 0 Å². The highest BCUT2D eigenvalue weighted by atomic mass is 16.5. The summed E-state index contributed by atoms with van der Waals surface area (Å²) >= 11 is 0. The molecule has 0 aliphatic carbocycles. The molecule has 0 aliphatic heterocycles. The van der Waals surface area contributed by atoms with E-state index in [9.17, 15) is 0 Å². The Bertz CT molecular complexity index is 297. The number of ether oxygens (including phenoxy) is 1. The lowest BCUT2D eigenvalue weighted by Crippen LogP contribution is -2.21. The molecule has 0 bridgehead atoms. The minimum absolute atomic E-state index is 0.0603. The minimum atomic E-state index is -0.0603. The number of imidazole rings is 1. The van der Waals surface area contributed by atoms with E-state index in [4.69, 9.17) is 4.74 Å². The quantitative estimate of drug-likeness (QED) is 0.764. The zero-order chi connectivity index (χ0) is 11.5. The first-order valence-electron chi connectivity index (χ1n) is 5.56. The Morgan fingerprint density at radius 2 is 2.07 bits per heavy atom. The third kappa shape index (κ3) is 4.04. The molecule has 1 aromatic heterocycles. The Morgan fingerprint density at radius 1 is 1.40 bits per heavy atom. The van der Waals surface area contributed by atoms with Gasteiger partial charge in [-0.2, -0.15) is 0 Å². The molecule has 3 heteroatoms. The summed E-state index contributed by atoms with van der Waals surface area (Å²) in [6, 6.07) is 0.470. The van der Waals surface area contributed by atoms with Gasteiger partial charge in [0, 0.05) is 24.9 Å². The third-order valence-corrected chi connectivity index (χ3v) is 2.17. The highest BCUT2D eigenvalue weighted by Crippen LogP contribution is 2.11. The Hall–Kier alpha value is -0.830. The Morgan fingerprint density at radius 3 is 2.60 bits per heavy atom. The molecule has 1 rings (SSSR count). The molecule has 3 nitrogen and oxygen atoms in total. The van der Waals surface area contributed by atoms with Gasteiger partial charge in [-0.3, -0.25) is 0 Å². The fourth-order valence-electron chi connectivity index (χ4n) is 1.46. The normalized spacial score (nSPS) is 12.4. The molecular formula is C12H22N2O. The van der Waals surface area contributed by atoms with Crippen LogP contribution in [0.3, 0.4) is 0 Å². The Labute approximate surface area is 92.5 Å². The van der Waals surface area contributed by atoms with Gasteiger partial charge < -0.3 is 9.30 Å². The molecule has 0 amide bonds. The lowest BCUT2D eigenvalue weighted by Gasteiger charge is -2.19. The number of nitrogens with zero attached hydrogens (tertiary/aromatic N) is 2. The van der Waals surface area contributed by atoms with E-state index < -0.39 is 0 Å². The fourth-order valence-corrected chi connectivity index (χ4v) is 1.46. The molecule has 15 heavy (non-hydrogen) atoms. The van der Waals surface area contributed by atoms with Gasteiger partial charge in [-0.05, 0) is 34.6 Å². The van der Waals surface area contributed by atoms with E-state index in [0.29, 0.717) is 6.04 Å². The van der Waals surface area contributed by atoms with Crippen molar-refractivity contribution >= 4 is 0 Å². The zero-order valence-corrected chi connectivity index (χ0v) is 10.4. The molecule has 0 saturated carbocycles. The second-order valence-corrected chi connectivity index (χ2v) is 5.06. The second-order valence-electron chi connectivity index (χ2n) is 5.06. The number of aromatic nitrogens is 2. The lowest BCUT2D eigenvalue weighted by atomic mass is 10.2. The summed E-state index contributed by atoms with van der Waals surface area (Å²) in [4.78, 5) is 4.34. The van der Waals surface area contributed by atoms with E-state index in [0.717, 1.165) is 18.9 Å². The standard InChI is InChI=1S/C12H22N2O/c1-10(2)14-8-7-13-11(14)6-9-15-12(3,4)5/h7-8,10H,6,9H2,1-5H3. The van der Waals surface area contributed by atoms with Crippen molar-refractivity contribution in [2.24, 2.45) is 0 Å². The van der Waals surface area contributed by atoms with Crippen LogP contribution in [-0.4, -0.2) is 21.8 Å². The number of hydrogen-bond acceptors (Lipinski definition) is 2. The predicted octanol–water partition coefficient (Wildman–Crippen LogP) is 2.82. The summed E-state index contributed by atoms with van der Waals surface area (Å²) in [6.45, 7) is 11.3. The van der Waals surface area contributed by atoms with Crippen molar-refractivity contribution in [3.8, 4) is 0 Å². The van der Waals surface area contributed by atoms with Crippen molar-refractivity contribution in [1.29, 1.82) is 0 Å². The maximum Gasteiger partial charge on any atom is 0.111 e. The highest BCUT2D eigenvalue weighted by Gasteiger charge is 2.11. The van der Waals surface area contributed by atoms with Crippen LogP contribution in [0.1, 0.15) is 46.5 Å². The molecule has 0 fully saturated rings. The largest absolute Gasteiger partial charge is 0.375 e. The summed E-state index contributed by atoms with van der Waals surface area (Å²) in [5.41, 5.74) is -0.0603. The average Bonchev–Trinajstić information content (AvgIpc) is 2.49. The van der Waals surface area contributed by atoms with Crippen molar-refractivity contribution < 1.29 is 4.74 Å². The van der Waals surface area contributed by atoms with E-state index in [2.05, 4.69) is 44.2 Å². The minimum Gasteiger partial charge on any atom is -0.375 e. The van der Waals surface area contributed by atoms with Gasteiger partial charge >= 0.3 is 0 Å². The summed E-state index contributed by atoms with van der Waals surface area (Å²) in [5, 5.41) is 0. The van der Waals surface area contributed by atoms with E-state index in [1.165, 1.54) is 0 Å². The molecule has 86 valence electrons. The van der Waals surface area contributed by atoms with Gasteiger partial charge in [0.1, 0.15) is 5.82 Å². The summed E-state index contributed by atoms with van der Waals surface area (Å²) in [5.74, 6) is 1.11. The summed E-state index contributed by atoms with van der Waals surface area (Å²) < 4.78 is 7.87. The predicted molar refractivity (Wildman–Crippen MR) is 62.0 cm³/mol. The smallest absolute Gasteiger partial charge is 0.111 e. The van der Waals surface area contributed by atoms with E-state index >= 15 is 0 Å². The van der Waals surface area contributed by atoms with Gasteiger partial charge in [0.25, 0.3) is 0 Å². The van der Waals surface area contributed by atoms with Crippen molar-refractivity contribution in [3.63, 3.8) is 0 Å². The van der Waals surface area contributed by atoms with Crippen LogP contribution in [0.2, 0.25) is 0 Å². The van der Waals surface area contributed by atoms with Crippen molar-refractivity contribution in [2.45, 2.75) is 52.7 Å². The highest BCUT2D eigenvalue weighted by molar-refractivity contribution is 4.94. The van der Waals surface area contributed by atoms with Crippen LogP contribution in [0.4, 0.5) is 0 Å². The van der Waals surface area contributed by atoms with E-state index in [-0.39, 0.29) is 5.60 Å². The molecular weight excluding hydrogens is 188 g/mol. The van der Waals surface area contributed by atoms with Crippen molar-refractivity contribution in [2.75, 3.05) is 6.61 Å². The van der Waals surface area contributed by atoms with Crippen molar-refractivity contribution in [1.82, 2.24) is 9.55 Å². The fraction of sp³-hybridized carbons (Fsp3) is 0.750. The molecule has 0 spiro atoms. The first kappa shape index (κ1) is 12.2. The Balaban J connectivity index is 2.47.